The maximum absolute atomic E-state index is 9.03. The SMILES string of the molecule is Cc1cc(N2CCCc3ccccc3C2)ccc1C#N. The van der Waals surface area contributed by atoms with Crippen LogP contribution in [0.5, 0.6) is 0 Å². The van der Waals surface area contributed by atoms with Crippen molar-refractivity contribution < 1.29 is 0 Å². The van der Waals surface area contributed by atoms with E-state index in [-0.39, 0.29) is 0 Å². The van der Waals surface area contributed by atoms with Crippen LogP contribution in [0.15, 0.2) is 42.5 Å². The molecule has 20 heavy (non-hydrogen) atoms. The fraction of sp³-hybridized carbons (Fsp3) is 0.278. The predicted octanol–water partition coefficient (Wildman–Crippen LogP) is 3.82. The molecule has 2 heteroatoms. The Balaban J connectivity index is 1.92. The van der Waals surface area contributed by atoms with Gasteiger partial charge in [0.15, 0.2) is 0 Å². The summed E-state index contributed by atoms with van der Waals surface area (Å²) >= 11 is 0. The Morgan fingerprint density at radius 1 is 1.10 bits per heavy atom. The molecule has 2 aromatic rings. The van der Waals surface area contributed by atoms with Gasteiger partial charge in [-0.05, 0) is 54.7 Å². The van der Waals surface area contributed by atoms with Gasteiger partial charge in [-0.25, -0.2) is 0 Å². The van der Waals surface area contributed by atoms with Crippen molar-refractivity contribution in [1.29, 1.82) is 5.26 Å². The molecule has 1 aliphatic heterocycles. The fourth-order valence-electron chi connectivity index (χ4n) is 2.89. The van der Waals surface area contributed by atoms with E-state index in [0.29, 0.717) is 0 Å². The molecule has 0 unspecified atom stereocenters. The molecule has 0 radical (unpaired) electrons. The summed E-state index contributed by atoms with van der Waals surface area (Å²) in [7, 11) is 0. The molecule has 2 aromatic carbocycles. The Bertz CT molecular complexity index is 667. The van der Waals surface area contributed by atoms with Crippen molar-refractivity contribution in [3.63, 3.8) is 0 Å². The number of rotatable bonds is 1. The number of hydrogen-bond acceptors (Lipinski definition) is 2. The molecule has 0 spiro atoms. The molecular weight excluding hydrogens is 244 g/mol. The van der Waals surface area contributed by atoms with Crippen LogP contribution in [0.1, 0.15) is 28.7 Å². The molecule has 0 saturated carbocycles. The highest BCUT2D eigenvalue weighted by atomic mass is 15.1. The van der Waals surface area contributed by atoms with Crippen LogP contribution in [0.3, 0.4) is 0 Å². The van der Waals surface area contributed by atoms with Gasteiger partial charge in [-0.2, -0.15) is 5.26 Å². The van der Waals surface area contributed by atoms with Crippen molar-refractivity contribution >= 4 is 5.69 Å². The highest BCUT2D eigenvalue weighted by molar-refractivity contribution is 5.54. The first-order chi connectivity index (χ1) is 9.78. The minimum Gasteiger partial charge on any atom is -0.367 e. The van der Waals surface area contributed by atoms with Crippen LogP contribution in [-0.4, -0.2) is 6.54 Å². The van der Waals surface area contributed by atoms with Gasteiger partial charge >= 0.3 is 0 Å². The van der Waals surface area contributed by atoms with E-state index in [4.69, 9.17) is 5.26 Å². The lowest BCUT2D eigenvalue weighted by atomic mass is 10.0. The molecule has 0 amide bonds. The summed E-state index contributed by atoms with van der Waals surface area (Å²) < 4.78 is 0. The summed E-state index contributed by atoms with van der Waals surface area (Å²) in [6, 6.07) is 17.1. The van der Waals surface area contributed by atoms with Crippen molar-refractivity contribution in [2.45, 2.75) is 26.3 Å². The monoisotopic (exact) mass is 262 g/mol. The fourth-order valence-corrected chi connectivity index (χ4v) is 2.89. The predicted molar refractivity (Wildman–Crippen MR) is 81.7 cm³/mol. The standard InChI is InChI=1S/C18H18N2/c1-14-11-18(9-8-16(14)12-19)20-10-4-7-15-5-2-3-6-17(15)13-20/h2-3,5-6,8-9,11H,4,7,10,13H2,1H3. The van der Waals surface area contributed by atoms with Gasteiger partial charge in [0, 0.05) is 18.8 Å². The van der Waals surface area contributed by atoms with Gasteiger partial charge in [0.2, 0.25) is 0 Å². The molecule has 0 fully saturated rings. The zero-order chi connectivity index (χ0) is 13.9. The van der Waals surface area contributed by atoms with E-state index in [1.54, 1.807) is 0 Å². The van der Waals surface area contributed by atoms with Crippen LogP contribution >= 0.6 is 0 Å². The van der Waals surface area contributed by atoms with E-state index in [0.717, 1.165) is 30.6 Å². The highest BCUT2D eigenvalue weighted by Gasteiger charge is 2.14. The third-order valence-corrected chi connectivity index (χ3v) is 4.05. The number of aryl methyl sites for hydroxylation is 2. The molecular formula is C18H18N2. The highest BCUT2D eigenvalue weighted by Crippen LogP contribution is 2.25. The van der Waals surface area contributed by atoms with Crippen LogP contribution in [0.4, 0.5) is 5.69 Å². The first-order valence-electron chi connectivity index (χ1n) is 7.10. The van der Waals surface area contributed by atoms with Crippen molar-refractivity contribution in [3.8, 4) is 6.07 Å². The Labute approximate surface area is 120 Å². The quantitative estimate of drug-likeness (QED) is 0.781. The maximum atomic E-state index is 9.03. The number of anilines is 1. The Hall–Kier alpha value is -2.27. The van der Waals surface area contributed by atoms with Crippen LogP contribution in [0.25, 0.3) is 0 Å². The molecule has 1 heterocycles. The third-order valence-electron chi connectivity index (χ3n) is 4.05. The van der Waals surface area contributed by atoms with Crippen LogP contribution in [0, 0.1) is 18.3 Å². The Morgan fingerprint density at radius 3 is 2.65 bits per heavy atom. The summed E-state index contributed by atoms with van der Waals surface area (Å²) in [5, 5.41) is 9.03. The van der Waals surface area contributed by atoms with E-state index in [2.05, 4.69) is 47.4 Å². The molecule has 3 rings (SSSR count). The second-order valence-electron chi connectivity index (χ2n) is 5.40. The summed E-state index contributed by atoms with van der Waals surface area (Å²) in [5.41, 5.74) is 5.94. The van der Waals surface area contributed by atoms with Gasteiger partial charge in [-0.1, -0.05) is 24.3 Å². The van der Waals surface area contributed by atoms with Crippen LogP contribution < -0.4 is 4.90 Å². The lowest BCUT2D eigenvalue weighted by Crippen LogP contribution is -2.22. The Kier molecular flexibility index (Phi) is 3.43. The minimum absolute atomic E-state index is 0.768. The number of benzene rings is 2. The molecule has 0 aromatic heterocycles. The van der Waals surface area contributed by atoms with E-state index in [1.807, 2.05) is 13.0 Å². The normalized spacial score (nSPS) is 14.3. The van der Waals surface area contributed by atoms with Gasteiger partial charge < -0.3 is 4.90 Å². The van der Waals surface area contributed by atoms with Crippen LogP contribution in [-0.2, 0) is 13.0 Å². The second kappa shape index (κ2) is 5.38. The van der Waals surface area contributed by atoms with E-state index in [9.17, 15) is 0 Å². The number of fused-ring (bicyclic) bond motifs is 1. The van der Waals surface area contributed by atoms with E-state index in [1.165, 1.54) is 23.2 Å². The summed E-state index contributed by atoms with van der Waals surface area (Å²) in [5.74, 6) is 0. The molecule has 100 valence electrons. The number of nitriles is 1. The Morgan fingerprint density at radius 2 is 1.90 bits per heavy atom. The smallest absolute Gasteiger partial charge is 0.0994 e. The molecule has 0 saturated heterocycles. The first-order valence-corrected chi connectivity index (χ1v) is 7.10. The topological polar surface area (TPSA) is 27.0 Å². The second-order valence-corrected chi connectivity index (χ2v) is 5.40. The molecule has 0 N–H and O–H groups in total. The van der Waals surface area contributed by atoms with Crippen molar-refractivity contribution in [1.82, 2.24) is 0 Å². The average molecular weight is 262 g/mol. The van der Waals surface area contributed by atoms with Crippen molar-refractivity contribution in [2.24, 2.45) is 0 Å². The minimum atomic E-state index is 0.768. The lowest BCUT2D eigenvalue weighted by molar-refractivity contribution is 0.765. The lowest BCUT2D eigenvalue weighted by Gasteiger charge is -2.23. The number of nitrogens with zero attached hydrogens (tertiary/aromatic N) is 2. The molecule has 2 nitrogen and oxygen atoms in total. The average Bonchev–Trinajstić information content (AvgIpc) is 2.69. The van der Waals surface area contributed by atoms with Gasteiger partial charge in [0.25, 0.3) is 0 Å². The summed E-state index contributed by atoms with van der Waals surface area (Å²) in [4.78, 5) is 2.42. The largest absolute Gasteiger partial charge is 0.367 e. The zero-order valence-electron chi connectivity index (χ0n) is 11.8. The molecule has 0 aliphatic carbocycles. The summed E-state index contributed by atoms with van der Waals surface area (Å²) in [6.45, 7) is 4.04. The van der Waals surface area contributed by atoms with Gasteiger partial charge in [0.1, 0.15) is 0 Å². The van der Waals surface area contributed by atoms with Crippen molar-refractivity contribution in [3.05, 3.63) is 64.7 Å². The molecule has 1 aliphatic rings. The van der Waals surface area contributed by atoms with Gasteiger partial charge in [-0.15, -0.1) is 0 Å². The molecule has 0 atom stereocenters. The van der Waals surface area contributed by atoms with Crippen LogP contribution in [0.2, 0.25) is 0 Å². The summed E-state index contributed by atoms with van der Waals surface area (Å²) in [6.07, 6.45) is 2.33. The van der Waals surface area contributed by atoms with E-state index < -0.39 is 0 Å². The maximum Gasteiger partial charge on any atom is 0.0994 e. The zero-order valence-corrected chi connectivity index (χ0v) is 11.8. The first kappa shape index (κ1) is 12.7. The van der Waals surface area contributed by atoms with E-state index >= 15 is 0 Å². The van der Waals surface area contributed by atoms with Crippen molar-refractivity contribution in [2.75, 3.05) is 11.4 Å². The molecule has 0 bridgehead atoms. The van der Waals surface area contributed by atoms with Gasteiger partial charge in [-0.3, -0.25) is 0 Å². The van der Waals surface area contributed by atoms with Gasteiger partial charge in [0.05, 0.1) is 11.6 Å². The number of hydrogen-bond donors (Lipinski definition) is 0. The third kappa shape index (κ3) is 2.40.